The van der Waals surface area contributed by atoms with Crippen LogP contribution < -0.4 is 5.32 Å². The molecule has 0 radical (unpaired) electrons. The maximum atomic E-state index is 9.35. The van der Waals surface area contributed by atoms with Crippen LogP contribution in [0.1, 0.15) is 36.8 Å². The molecule has 116 valence electrons. The van der Waals surface area contributed by atoms with E-state index in [2.05, 4.69) is 42.3 Å². The number of rotatable bonds is 8. The van der Waals surface area contributed by atoms with Crippen LogP contribution in [-0.4, -0.2) is 18.0 Å². The van der Waals surface area contributed by atoms with Gasteiger partial charge in [-0.1, -0.05) is 38.1 Å². The smallest absolute Gasteiger partial charge is 0.121 e. The normalized spacial score (nSPS) is 12.3. The van der Waals surface area contributed by atoms with Gasteiger partial charge in [-0.05, 0) is 36.3 Å². The summed E-state index contributed by atoms with van der Waals surface area (Å²) in [6.45, 7) is 7.93. The molecule has 1 aromatic heterocycles. The lowest BCUT2D eigenvalue weighted by Gasteiger charge is -2.18. The highest BCUT2D eigenvalue weighted by Crippen LogP contribution is 2.15. The summed E-state index contributed by atoms with van der Waals surface area (Å²) in [6.07, 6.45) is 1.64. The quantitative estimate of drug-likeness (QED) is 0.810. The van der Waals surface area contributed by atoms with Crippen LogP contribution in [0.2, 0.25) is 0 Å². The van der Waals surface area contributed by atoms with Crippen LogP contribution in [0.5, 0.6) is 0 Å². The lowest BCUT2D eigenvalue weighted by molar-refractivity contribution is 0.296. The average Bonchev–Trinajstić information content (AvgIpc) is 3.08. The summed E-state index contributed by atoms with van der Waals surface area (Å²) in [6, 6.07) is 14.0. The number of furan rings is 1. The number of nitriles is 1. The molecule has 4 heteroatoms. The van der Waals surface area contributed by atoms with Crippen molar-refractivity contribution in [3.63, 3.8) is 0 Å². The third-order valence-corrected chi connectivity index (χ3v) is 3.80. The molecular formula is C18H23N3O. The summed E-state index contributed by atoms with van der Waals surface area (Å²) < 4.78 is 5.27. The van der Waals surface area contributed by atoms with E-state index in [1.54, 1.807) is 6.26 Å². The lowest BCUT2D eigenvalue weighted by atomic mass is 10.1. The molecule has 0 saturated carbocycles. The minimum atomic E-state index is -0.326. The molecular weight excluding hydrogens is 274 g/mol. The van der Waals surface area contributed by atoms with Crippen molar-refractivity contribution in [3.8, 4) is 6.07 Å². The van der Waals surface area contributed by atoms with Gasteiger partial charge in [0.05, 0.1) is 18.9 Å². The lowest BCUT2D eigenvalue weighted by Crippen LogP contribution is -2.22. The molecule has 4 nitrogen and oxygen atoms in total. The Labute approximate surface area is 132 Å². The Morgan fingerprint density at radius 1 is 1.18 bits per heavy atom. The number of benzene rings is 1. The van der Waals surface area contributed by atoms with Gasteiger partial charge < -0.3 is 4.42 Å². The molecule has 0 saturated heterocycles. The Hall–Kier alpha value is -2.09. The van der Waals surface area contributed by atoms with Crippen molar-refractivity contribution in [2.75, 3.05) is 13.1 Å². The highest BCUT2D eigenvalue weighted by Gasteiger charge is 2.11. The Morgan fingerprint density at radius 2 is 1.91 bits per heavy atom. The van der Waals surface area contributed by atoms with Gasteiger partial charge >= 0.3 is 0 Å². The predicted octanol–water partition coefficient (Wildman–Crippen LogP) is 3.48. The molecule has 1 aromatic carbocycles. The highest BCUT2D eigenvalue weighted by molar-refractivity contribution is 5.28. The first-order valence-electron chi connectivity index (χ1n) is 7.73. The number of nitrogens with zero attached hydrogens (tertiary/aromatic N) is 2. The maximum absolute atomic E-state index is 9.35. The van der Waals surface area contributed by atoms with Gasteiger partial charge in [0.1, 0.15) is 11.8 Å². The summed E-state index contributed by atoms with van der Waals surface area (Å²) in [5.74, 6) is 0.832. The van der Waals surface area contributed by atoms with Crippen LogP contribution in [0.3, 0.4) is 0 Å². The third-order valence-electron chi connectivity index (χ3n) is 3.80. The van der Waals surface area contributed by atoms with E-state index in [-0.39, 0.29) is 6.04 Å². The minimum Gasteiger partial charge on any atom is -0.468 e. The zero-order valence-corrected chi connectivity index (χ0v) is 13.2. The average molecular weight is 297 g/mol. The van der Waals surface area contributed by atoms with Gasteiger partial charge in [-0.15, -0.1) is 0 Å². The van der Waals surface area contributed by atoms with E-state index >= 15 is 0 Å². The van der Waals surface area contributed by atoms with Crippen LogP contribution in [0.15, 0.2) is 47.1 Å². The highest BCUT2D eigenvalue weighted by atomic mass is 16.3. The van der Waals surface area contributed by atoms with E-state index in [0.29, 0.717) is 6.54 Å². The van der Waals surface area contributed by atoms with Crippen LogP contribution >= 0.6 is 0 Å². The topological polar surface area (TPSA) is 52.2 Å². The molecule has 1 heterocycles. The predicted molar refractivity (Wildman–Crippen MR) is 87.0 cm³/mol. The molecule has 22 heavy (non-hydrogen) atoms. The second kappa shape index (κ2) is 8.38. The second-order valence-electron chi connectivity index (χ2n) is 5.23. The zero-order valence-electron chi connectivity index (χ0n) is 13.2. The van der Waals surface area contributed by atoms with E-state index in [1.807, 2.05) is 24.3 Å². The minimum absolute atomic E-state index is 0.326. The first-order valence-corrected chi connectivity index (χ1v) is 7.73. The third kappa shape index (κ3) is 4.45. The van der Waals surface area contributed by atoms with Gasteiger partial charge in [-0.2, -0.15) is 5.26 Å². The molecule has 0 aliphatic heterocycles. The number of nitrogens with one attached hydrogen (secondary N) is 1. The van der Waals surface area contributed by atoms with E-state index in [1.165, 1.54) is 5.56 Å². The Morgan fingerprint density at radius 3 is 2.45 bits per heavy atom. The van der Waals surface area contributed by atoms with Gasteiger partial charge in [0, 0.05) is 6.54 Å². The fourth-order valence-electron chi connectivity index (χ4n) is 2.37. The Balaban J connectivity index is 1.96. The summed E-state index contributed by atoms with van der Waals surface area (Å²) in [5, 5.41) is 12.6. The first-order chi connectivity index (χ1) is 10.8. The summed E-state index contributed by atoms with van der Waals surface area (Å²) >= 11 is 0. The van der Waals surface area contributed by atoms with Gasteiger partial charge in [0.15, 0.2) is 0 Å². The molecule has 0 aliphatic carbocycles. The van der Waals surface area contributed by atoms with E-state index in [0.717, 1.165) is 31.0 Å². The van der Waals surface area contributed by atoms with Crippen molar-refractivity contribution in [1.82, 2.24) is 10.2 Å². The van der Waals surface area contributed by atoms with Crippen LogP contribution in [-0.2, 0) is 13.1 Å². The Bertz CT molecular complexity index is 580. The monoisotopic (exact) mass is 297 g/mol. The van der Waals surface area contributed by atoms with Gasteiger partial charge in [-0.25, -0.2) is 0 Å². The molecule has 0 spiro atoms. The van der Waals surface area contributed by atoms with Crippen molar-refractivity contribution in [2.45, 2.75) is 33.0 Å². The standard InChI is InChI=1S/C18H23N3O/c1-3-21(4-2)14-15-7-9-16(10-8-15)18(12-19)20-13-17-6-5-11-22-17/h5-11,18,20H,3-4,13-14H2,1-2H3. The summed E-state index contributed by atoms with van der Waals surface area (Å²) in [4.78, 5) is 2.37. The van der Waals surface area contributed by atoms with Crippen molar-refractivity contribution in [3.05, 3.63) is 59.5 Å². The van der Waals surface area contributed by atoms with E-state index in [4.69, 9.17) is 4.42 Å². The molecule has 0 amide bonds. The molecule has 2 aromatic rings. The zero-order chi connectivity index (χ0) is 15.8. The summed E-state index contributed by atoms with van der Waals surface area (Å²) in [7, 11) is 0. The molecule has 0 bridgehead atoms. The molecule has 1 unspecified atom stereocenters. The molecule has 1 N–H and O–H groups in total. The van der Waals surface area contributed by atoms with Gasteiger partial charge in [0.2, 0.25) is 0 Å². The van der Waals surface area contributed by atoms with Crippen LogP contribution in [0.4, 0.5) is 0 Å². The van der Waals surface area contributed by atoms with Crippen LogP contribution in [0.25, 0.3) is 0 Å². The molecule has 0 fully saturated rings. The van der Waals surface area contributed by atoms with E-state index < -0.39 is 0 Å². The van der Waals surface area contributed by atoms with Crippen LogP contribution in [0, 0.1) is 11.3 Å². The largest absolute Gasteiger partial charge is 0.468 e. The fraction of sp³-hybridized carbons (Fsp3) is 0.389. The fourth-order valence-corrected chi connectivity index (χ4v) is 2.37. The molecule has 0 aliphatic rings. The van der Waals surface area contributed by atoms with Gasteiger partial charge in [-0.3, -0.25) is 10.2 Å². The first kappa shape index (κ1) is 16.3. The molecule has 2 rings (SSSR count). The van der Waals surface area contributed by atoms with Crippen molar-refractivity contribution < 1.29 is 4.42 Å². The van der Waals surface area contributed by atoms with Gasteiger partial charge in [0.25, 0.3) is 0 Å². The maximum Gasteiger partial charge on any atom is 0.121 e. The van der Waals surface area contributed by atoms with Crippen molar-refractivity contribution >= 4 is 0 Å². The molecule has 1 atom stereocenters. The van der Waals surface area contributed by atoms with Crippen molar-refractivity contribution in [1.29, 1.82) is 5.26 Å². The summed E-state index contributed by atoms with van der Waals surface area (Å²) in [5.41, 5.74) is 2.26. The SMILES string of the molecule is CCN(CC)Cc1ccc(C(C#N)NCc2ccco2)cc1. The number of hydrogen-bond donors (Lipinski definition) is 1. The number of hydrogen-bond acceptors (Lipinski definition) is 4. The van der Waals surface area contributed by atoms with Crippen molar-refractivity contribution in [2.24, 2.45) is 0 Å². The second-order valence-corrected chi connectivity index (χ2v) is 5.23. The van der Waals surface area contributed by atoms with E-state index in [9.17, 15) is 5.26 Å². The Kier molecular flexibility index (Phi) is 6.20.